The molecule has 158 valence electrons. The van der Waals surface area contributed by atoms with Crippen LogP contribution in [-0.2, 0) is 0 Å². The lowest BCUT2D eigenvalue weighted by Gasteiger charge is -2.27. The zero-order chi connectivity index (χ0) is 21.5. The first-order chi connectivity index (χ1) is 15.8. The highest BCUT2D eigenvalue weighted by Gasteiger charge is 2.35. The second-order valence-corrected chi connectivity index (χ2v) is 9.63. The Hall–Kier alpha value is -3.12. The third-order valence-electron chi connectivity index (χ3n) is 7.83. The van der Waals surface area contributed by atoms with E-state index >= 15 is 0 Å². The van der Waals surface area contributed by atoms with Crippen LogP contribution in [0.15, 0.2) is 119 Å². The van der Waals surface area contributed by atoms with Gasteiger partial charge in [-0.1, -0.05) is 121 Å². The van der Waals surface area contributed by atoms with Crippen LogP contribution in [0.1, 0.15) is 49.7 Å². The first kappa shape index (κ1) is 19.6. The van der Waals surface area contributed by atoms with Crippen LogP contribution in [0.3, 0.4) is 0 Å². The van der Waals surface area contributed by atoms with Crippen LogP contribution in [0.2, 0.25) is 0 Å². The highest BCUT2D eigenvalue weighted by atomic mass is 14.4. The SMILES string of the molecule is C[C@H](C[C@@H](C1=CC=CC1)C1=C(C2c3ccccc3-c3ccccc32)CC=C1)C1=CC=CC1. The predicted octanol–water partition coefficient (Wildman–Crippen LogP) is 8.47. The Balaban J connectivity index is 1.44. The molecule has 0 unspecified atom stereocenters. The van der Waals surface area contributed by atoms with Crippen LogP contribution in [0, 0.1) is 11.8 Å². The molecule has 0 bridgehead atoms. The maximum atomic E-state index is 2.46. The molecule has 2 atom stereocenters. The fourth-order valence-corrected chi connectivity index (χ4v) is 6.23. The molecule has 4 aliphatic carbocycles. The summed E-state index contributed by atoms with van der Waals surface area (Å²) in [5.74, 6) is 1.48. The average Bonchev–Trinajstić information content (AvgIpc) is 3.63. The molecule has 0 heteroatoms. The summed E-state index contributed by atoms with van der Waals surface area (Å²) in [6.07, 6.45) is 23.2. The van der Waals surface area contributed by atoms with Crippen molar-refractivity contribution in [2.45, 2.75) is 38.5 Å². The maximum Gasteiger partial charge on any atom is 0.0320 e. The highest BCUT2D eigenvalue weighted by molar-refractivity contribution is 5.81. The van der Waals surface area contributed by atoms with E-state index in [1.807, 2.05) is 0 Å². The largest absolute Gasteiger partial charge is 0.0805 e. The fourth-order valence-electron chi connectivity index (χ4n) is 6.23. The number of allylic oxidation sites excluding steroid dienone is 12. The smallest absolute Gasteiger partial charge is 0.0320 e. The van der Waals surface area contributed by atoms with E-state index in [-0.39, 0.29) is 0 Å². The molecule has 0 radical (unpaired) electrons. The van der Waals surface area contributed by atoms with Gasteiger partial charge in [0.1, 0.15) is 0 Å². The van der Waals surface area contributed by atoms with E-state index in [1.165, 1.54) is 28.7 Å². The summed E-state index contributed by atoms with van der Waals surface area (Å²) in [4.78, 5) is 0. The molecule has 32 heavy (non-hydrogen) atoms. The Morgan fingerprint density at radius 3 is 2.00 bits per heavy atom. The van der Waals surface area contributed by atoms with Gasteiger partial charge in [0.2, 0.25) is 0 Å². The van der Waals surface area contributed by atoms with Crippen LogP contribution < -0.4 is 0 Å². The van der Waals surface area contributed by atoms with Crippen molar-refractivity contribution in [3.8, 4) is 11.1 Å². The van der Waals surface area contributed by atoms with Crippen LogP contribution in [0.25, 0.3) is 11.1 Å². The predicted molar refractivity (Wildman–Crippen MR) is 135 cm³/mol. The lowest BCUT2D eigenvalue weighted by Crippen LogP contribution is -2.14. The van der Waals surface area contributed by atoms with Crippen molar-refractivity contribution in [2.24, 2.45) is 11.8 Å². The van der Waals surface area contributed by atoms with Gasteiger partial charge >= 0.3 is 0 Å². The Morgan fingerprint density at radius 1 is 0.750 bits per heavy atom. The molecule has 2 aromatic carbocycles. The van der Waals surface area contributed by atoms with Crippen molar-refractivity contribution < 1.29 is 0 Å². The summed E-state index contributed by atoms with van der Waals surface area (Å²) in [5.41, 5.74) is 12.2. The first-order valence-corrected chi connectivity index (χ1v) is 12.1. The number of rotatable bonds is 6. The number of hydrogen-bond donors (Lipinski definition) is 0. The van der Waals surface area contributed by atoms with E-state index in [1.54, 1.807) is 22.3 Å². The monoisotopic (exact) mass is 414 g/mol. The van der Waals surface area contributed by atoms with Crippen molar-refractivity contribution in [3.05, 3.63) is 131 Å². The normalized spacial score (nSPS) is 20.5. The summed E-state index contributed by atoms with van der Waals surface area (Å²) in [7, 11) is 0. The zero-order valence-electron chi connectivity index (χ0n) is 18.8. The first-order valence-electron chi connectivity index (χ1n) is 12.1. The van der Waals surface area contributed by atoms with Gasteiger partial charge in [0.25, 0.3) is 0 Å². The fraction of sp³-hybridized carbons (Fsp3) is 0.250. The van der Waals surface area contributed by atoms with Gasteiger partial charge in [0.05, 0.1) is 0 Å². The van der Waals surface area contributed by atoms with Gasteiger partial charge in [-0.05, 0) is 59.4 Å². The van der Waals surface area contributed by atoms with Crippen molar-refractivity contribution in [2.75, 3.05) is 0 Å². The van der Waals surface area contributed by atoms with Crippen molar-refractivity contribution in [3.63, 3.8) is 0 Å². The molecular weight excluding hydrogens is 384 g/mol. The summed E-state index contributed by atoms with van der Waals surface area (Å²) in [6.45, 7) is 2.42. The summed E-state index contributed by atoms with van der Waals surface area (Å²) < 4.78 is 0. The Bertz CT molecular complexity index is 1190. The van der Waals surface area contributed by atoms with Gasteiger partial charge in [-0.2, -0.15) is 0 Å². The number of benzene rings is 2. The quantitative estimate of drug-likeness (QED) is 0.444. The molecule has 0 heterocycles. The van der Waals surface area contributed by atoms with Gasteiger partial charge < -0.3 is 0 Å². The van der Waals surface area contributed by atoms with E-state index < -0.39 is 0 Å². The molecule has 0 saturated carbocycles. The lowest BCUT2D eigenvalue weighted by atomic mass is 9.76. The zero-order valence-corrected chi connectivity index (χ0v) is 18.8. The average molecular weight is 415 g/mol. The van der Waals surface area contributed by atoms with Gasteiger partial charge in [0.15, 0.2) is 0 Å². The molecule has 0 aromatic heterocycles. The van der Waals surface area contributed by atoms with Crippen LogP contribution >= 0.6 is 0 Å². The minimum Gasteiger partial charge on any atom is -0.0805 e. The lowest BCUT2D eigenvalue weighted by molar-refractivity contribution is 0.515. The van der Waals surface area contributed by atoms with Crippen molar-refractivity contribution in [1.29, 1.82) is 0 Å². The summed E-state index contributed by atoms with van der Waals surface area (Å²) in [6, 6.07) is 18.1. The van der Waals surface area contributed by atoms with Gasteiger partial charge in [-0.3, -0.25) is 0 Å². The molecular formula is C32H30. The second-order valence-electron chi connectivity index (χ2n) is 9.63. The van der Waals surface area contributed by atoms with Crippen LogP contribution in [0.5, 0.6) is 0 Å². The van der Waals surface area contributed by atoms with E-state index in [0.717, 1.165) is 19.3 Å². The molecule has 0 nitrogen and oxygen atoms in total. The van der Waals surface area contributed by atoms with Crippen molar-refractivity contribution >= 4 is 0 Å². The number of fused-ring (bicyclic) bond motifs is 3. The second kappa shape index (κ2) is 8.10. The number of hydrogen-bond acceptors (Lipinski definition) is 0. The van der Waals surface area contributed by atoms with E-state index in [2.05, 4.69) is 104 Å². The maximum absolute atomic E-state index is 2.46. The standard InChI is InChI=1S/C32H30/c1-22(23-11-2-3-12-23)21-31(24-13-4-5-14-24)27-19-10-20-30(27)32-28-17-8-6-15-25(28)26-16-7-9-18-29(26)32/h2-11,13,15-19,22,31-32H,12,14,20-21H2,1H3/t22-,31+/m1/s1. The van der Waals surface area contributed by atoms with Gasteiger partial charge in [0, 0.05) is 11.8 Å². The molecule has 0 fully saturated rings. The third-order valence-corrected chi connectivity index (χ3v) is 7.83. The Labute approximate surface area is 192 Å². The van der Waals surface area contributed by atoms with Gasteiger partial charge in [-0.15, -0.1) is 0 Å². The van der Waals surface area contributed by atoms with Crippen LogP contribution in [0.4, 0.5) is 0 Å². The third kappa shape index (κ3) is 3.21. The Morgan fingerprint density at radius 2 is 1.38 bits per heavy atom. The molecule has 6 rings (SSSR count). The summed E-state index contributed by atoms with van der Waals surface area (Å²) >= 11 is 0. The Kier molecular flexibility index (Phi) is 4.95. The minimum absolute atomic E-state index is 0.382. The molecule has 0 N–H and O–H groups in total. The molecule has 0 aliphatic heterocycles. The van der Waals surface area contributed by atoms with Crippen molar-refractivity contribution in [1.82, 2.24) is 0 Å². The molecule has 2 aromatic rings. The topological polar surface area (TPSA) is 0 Å². The van der Waals surface area contributed by atoms with E-state index in [9.17, 15) is 0 Å². The molecule has 0 saturated heterocycles. The van der Waals surface area contributed by atoms with E-state index in [4.69, 9.17) is 0 Å². The highest BCUT2D eigenvalue weighted by Crippen LogP contribution is 2.52. The summed E-state index contributed by atoms with van der Waals surface area (Å²) in [5, 5.41) is 0. The van der Waals surface area contributed by atoms with E-state index in [0.29, 0.717) is 17.8 Å². The van der Waals surface area contributed by atoms with Crippen LogP contribution in [-0.4, -0.2) is 0 Å². The van der Waals surface area contributed by atoms with Gasteiger partial charge in [-0.25, -0.2) is 0 Å². The molecule has 0 spiro atoms. The molecule has 4 aliphatic rings. The molecule has 0 amide bonds. The minimum atomic E-state index is 0.382.